The summed E-state index contributed by atoms with van der Waals surface area (Å²) in [5.74, 6) is 0. The first-order chi connectivity index (χ1) is 19.6. The third-order valence-corrected chi connectivity index (χ3v) is 8.27. The molecule has 40 heavy (non-hydrogen) atoms. The third-order valence-electron chi connectivity index (χ3n) is 8.27. The molecule has 192 valence electrons. The molecule has 1 heteroatoms. The van der Waals surface area contributed by atoms with Gasteiger partial charge in [0.2, 0.25) is 0 Å². The second-order valence-corrected chi connectivity index (χ2v) is 11.1. The summed E-state index contributed by atoms with van der Waals surface area (Å²) in [4.78, 5) is 2.36. The smallest absolute Gasteiger partial charge is 0.0465 e. The molecule has 0 bridgehead atoms. The van der Waals surface area contributed by atoms with Crippen molar-refractivity contribution >= 4 is 17.1 Å². The normalized spacial score (nSPS) is 12.9. The van der Waals surface area contributed by atoms with Gasteiger partial charge in [-0.2, -0.15) is 0 Å². The number of hydrogen-bond acceptors (Lipinski definition) is 1. The van der Waals surface area contributed by atoms with Crippen LogP contribution in [-0.2, 0) is 5.41 Å². The van der Waals surface area contributed by atoms with Gasteiger partial charge in [-0.1, -0.05) is 123 Å². The van der Waals surface area contributed by atoms with Crippen molar-refractivity contribution in [2.45, 2.75) is 19.3 Å². The van der Waals surface area contributed by atoms with Crippen molar-refractivity contribution in [3.8, 4) is 33.4 Å². The van der Waals surface area contributed by atoms with Crippen molar-refractivity contribution in [1.29, 1.82) is 0 Å². The van der Waals surface area contributed by atoms with E-state index in [2.05, 4.69) is 170 Å². The quantitative estimate of drug-likeness (QED) is 0.222. The maximum atomic E-state index is 2.40. The lowest BCUT2D eigenvalue weighted by atomic mass is 9.81. The highest BCUT2D eigenvalue weighted by Crippen LogP contribution is 2.51. The summed E-state index contributed by atoms with van der Waals surface area (Å²) >= 11 is 0. The fourth-order valence-corrected chi connectivity index (χ4v) is 6.13. The molecule has 6 aromatic rings. The van der Waals surface area contributed by atoms with Gasteiger partial charge < -0.3 is 4.90 Å². The molecule has 0 saturated heterocycles. The van der Waals surface area contributed by atoms with Crippen LogP contribution in [0.1, 0.15) is 25.0 Å². The molecule has 0 heterocycles. The van der Waals surface area contributed by atoms with Crippen molar-refractivity contribution < 1.29 is 0 Å². The van der Waals surface area contributed by atoms with Crippen LogP contribution in [0.25, 0.3) is 33.4 Å². The van der Waals surface area contributed by atoms with Crippen LogP contribution in [-0.4, -0.2) is 0 Å². The van der Waals surface area contributed by atoms with Gasteiger partial charge in [-0.05, 0) is 87.0 Å². The van der Waals surface area contributed by atoms with Gasteiger partial charge >= 0.3 is 0 Å². The van der Waals surface area contributed by atoms with Gasteiger partial charge in [0.1, 0.15) is 0 Å². The van der Waals surface area contributed by atoms with Crippen LogP contribution < -0.4 is 4.90 Å². The highest BCUT2D eigenvalue weighted by Gasteiger charge is 2.36. The predicted octanol–water partition coefficient (Wildman–Crippen LogP) is 10.8. The van der Waals surface area contributed by atoms with Crippen molar-refractivity contribution in [3.63, 3.8) is 0 Å². The molecular formula is C39H31N. The van der Waals surface area contributed by atoms with Gasteiger partial charge in [0.15, 0.2) is 0 Å². The van der Waals surface area contributed by atoms with E-state index in [0.717, 1.165) is 11.4 Å². The molecule has 1 aliphatic carbocycles. The second kappa shape index (κ2) is 9.70. The molecule has 1 nitrogen and oxygen atoms in total. The van der Waals surface area contributed by atoms with E-state index < -0.39 is 0 Å². The number of hydrogen-bond donors (Lipinski definition) is 0. The highest BCUT2D eigenvalue weighted by atomic mass is 15.1. The van der Waals surface area contributed by atoms with Gasteiger partial charge in [-0.25, -0.2) is 0 Å². The largest absolute Gasteiger partial charge is 0.310 e. The standard InChI is InChI=1S/C39H31N/c1-39(2)37-26-31(29-14-8-4-9-15-29)20-24-35(37)36-25-23-34(27-38(36)39)40(32-16-10-5-11-17-32)33-21-18-30(19-22-33)28-12-6-3-7-13-28/h3-27H,1-2H3. The van der Waals surface area contributed by atoms with Gasteiger partial charge in [0.25, 0.3) is 0 Å². The molecule has 1 aliphatic rings. The molecule has 0 amide bonds. The first kappa shape index (κ1) is 24.2. The Bertz CT molecular complexity index is 1780. The molecule has 0 spiro atoms. The molecule has 0 aromatic heterocycles. The molecule has 0 atom stereocenters. The molecule has 0 saturated carbocycles. The first-order valence-electron chi connectivity index (χ1n) is 14.0. The summed E-state index contributed by atoms with van der Waals surface area (Å²) in [6, 6.07) is 54.8. The van der Waals surface area contributed by atoms with Gasteiger partial charge in [0.05, 0.1) is 0 Å². The monoisotopic (exact) mass is 513 g/mol. The summed E-state index contributed by atoms with van der Waals surface area (Å²) in [6.07, 6.45) is 0. The molecule has 0 radical (unpaired) electrons. The topological polar surface area (TPSA) is 3.24 Å². The van der Waals surface area contributed by atoms with E-state index >= 15 is 0 Å². The van der Waals surface area contributed by atoms with E-state index in [4.69, 9.17) is 0 Å². The van der Waals surface area contributed by atoms with E-state index in [1.165, 1.54) is 50.2 Å². The van der Waals surface area contributed by atoms with Crippen LogP contribution in [0.3, 0.4) is 0 Å². The summed E-state index contributed by atoms with van der Waals surface area (Å²) in [5.41, 5.74) is 13.8. The summed E-state index contributed by atoms with van der Waals surface area (Å²) in [7, 11) is 0. The van der Waals surface area contributed by atoms with Crippen LogP contribution >= 0.6 is 0 Å². The predicted molar refractivity (Wildman–Crippen MR) is 170 cm³/mol. The number of fused-ring (bicyclic) bond motifs is 3. The molecule has 0 unspecified atom stereocenters. The van der Waals surface area contributed by atoms with Crippen molar-refractivity contribution in [3.05, 3.63) is 163 Å². The summed E-state index contributed by atoms with van der Waals surface area (Å²) < 4.78 is 0. The number of nitrogens with zero attached hydrogens (tertiary/aromatic N) is 1. The Balaban J connectivity index is 1.31. The number of para-hydroxylation sites is 1. The Morgan fingerprint density at radius 3 is 1.43 bits per heavy atom. The Hall–Kier alpha value is -4.88. The third kappa shape index (κ3) is 4.12. The van der Waals surface area contributed by atoms with E-state index in [-0.39, 0.29) is 5.41 Å². The zero-order valence-corrected chi connectivity index (χ0v) is 22.9. The number of anilines is 3. The number of rotatable bonds is 5. The molecule has 7 rings (SSSR count). The van der Waals surface area contributed by atoms with Crippen LogP contribution in [0.15, 0.2) is 152 Å². The van der Waals surface area contributed by atoms with E-state index in [0.29, 0.717) is 0 Å². The highest BCUT2D eigenvalue weighted by molar-refractivity contribution is 5.87. The van der Waals surface area contributed by atoms with Crippen molar-refractivity contribution in [1.82, 2.24) is 0 Å². The Morgan fingerprint density at radius 2 is 0.800 bits per heavy atom. The average molecular weight is 514 g/mol. The van der Waals surface area contributed by atoms with Gasteiger partial charge in [-0.15, -0.1) is 0 Å². The van der Waals surface area contributed by atoms with Crippen molar-refractivity contribution in [2.24, 2.45) is 0 Å². The molecule has 0 aliphatic heterocycles. The van der Waals surface area contributed by atoms with Crippen LogP contribution in [0.2, 0.25) is 0 Å². The zero-order valence-electron chi connectivity index (χ0n) is 22.9. The maximum absolute atomic E-state index is 2.40. The first-order valence-corrected chi connectivity index (χ1v) is 14.0. The minimum atomic E-state index is -0.106. The van der Waals surface area contributed by atoms with Crippen LogP contribution in [0, 0.1) is 0 Å². The SMILES string of the molecule is CC1(C)c2cc(-c3ccccc3)ccc2-c2ccc(N(c3ccccc3)c3ccc(-c4ccccc4)cc3)cc21. The lowest BCUT2D eigenvalue weighted by Gasteiger charge is -2.28. The van der Waals surface area contributed by atoms with Crippen LogP contribution in [0.4, 0.5) is 17.1 Å². The lowest BCUT2D eigenvalue weighted by molar-refractivity contribution is 0.660. The average Bonchev–Trinajstić information content (AvgIpc) is 3.24. The summed E-state index contributed by atoms with van der Waals surface area (Å²) in [6.45, 7) is 4.72. The fourth-order valence-electron chi connectivity index (χ4n) is 6.13. The Labute approximate surface area is 237 Å². The fraction of sp³-hybridized carbons (Fsp3) is 0.0769. The van der Waals surface area contributed by atoms with E-state index in [9.17, 15) is 0 Å². The minimum absolute atomic E-state index is 0.106. The zero-order chi connectivity index (χ0) is 27.1. The summed E-state index contributed by atoms with van der Waals surface area (Å²) in [5, 5.41) is 0. The van der Waals surface area contributed by atoms with Gasteiger partial charge in [0, 0.05) is 22.5 Å². The Morgan fingerprint density at radius 1 is 0.375 bits per heavy atom. The minimum Gasteiger partial charge on any atom is -0.310 e. The molecular weight excluding hydrogens is 482 g/mol. The van der Waals surface area contributed by atoms with Crippen molar-refractivity contribution in [2.75, 3.05) is 4.90 Å². The van der Waals surface area contributed by atoms with E-state index in [1.807, 2.05) is 0 Å². The number of benzene rings is 6. The molecule has 0 fully saturated rings. The van der Waals surface area contributed by atoms with E-state index in [1.54, 1.807) is 0 Å². The van der Waals surface area contributed by atoms with Gasteiger partial charge in [-0.3, -0.25) is 0 Å². The van der Waals surface area contributed by atoms with Crippen LogP contribution in [0.5, 0.6) is 0 Å². The maximum Gasteiger partial charge on any atom is 0.0465 e. The lowest BCUT2D eigenvalue weighted by Crippen LogP contribution is -2.16. The second-order valence-electron chi connectivity index (χ2n) is 11.1. The Kier molecular flexibility index (Phi) is 5.86. The molecule has 0 N–H and O–H groups in total. The molecule has 6 aromatic carbocycles.